The standard InChI is InChI=1S/C47H59F3IN7O9S/c1-29-42(68-28-54-29)31-8-6-30(7-9-31)26-53-45(62)38-25-33(59)27-58(38)46(63)43(47(2,3)4)56-39(60)14-18-64-20-22-66-23-21-65-19-16-52-15-5-17-67-57-44(61)34-11-12-35(48)40(50)41(34)55-37-13-10-32(51)24-36(37)49/h6-13,24,28,33,38,43,52,55,59H,5,14-23,25-27H2,1-4H3,(H,53,62)(H,56,60)(H,57,61). The molecular formula is C47H59F3IN7O9S. The Morgan fingerprint density at radius 3 is 2.29 bits per heavy atom. The monoisotopic (exact) mass is 1080 g/mol. The molecule has 6 N–H and O–H groups in total. The summed E-state index contributed by atoms with van der Waals surface area (Å²) in [4.78, 5) is 64.9. The number of ether oxygens (including phenoxy) is 3. The summed E-state index contributed by atoms with van der Waals surface area (Å²) in [5, 5.41) is 21.9. The topological polar surface area (TPSA) is 202 Å². The van der Waals surface area contributed by atoms with Crippen molar-refractivity contribution in [3.8, 4) is 10.4 Å². The van der Waals surface area contributed by atoms with E-state index in [0.29, 0.717) is 42.9 Å². The molecule has 0 saturated carbocycles. The van der Waals surface area contributed by atoms with E-state index in [4.69, 9.17) is 19.0 Å². The number of benzene rings is 3. The molecule has 1 aliphatic rings. The van der Waals surface area contributed by atoms with Crippen LogP contribution in [0.25, 0.3) is 10.4 Å². The van der Waals surface area contributed by atoms with Crippen LogP contribution in [0.5, 0.6) is 0 Å². The van der Waals surface area contributed by atoms with Gasteiger partial charge in [-0.15, -0.1) is 11.3 Å². The molecule has 0 bridgehead atoms. The number of aryl methyl sites for hydroxylation is 1. The van der Waals surface area contributed by atoms with Gasteiger partial charge in [0.05, 0.1) is 85.4 Å². The minimum Gasteiger partial charge on any atom is -0.391 e. The van der Waals surface area contributed by atoms with Gasteiger partial charge in [0.25, 0.3) is 5.91 Å². The van der Waals surface area contributed by atoms with E-state index in [0.717, 1.165) is 33.8 Å². The molecule has 3 unspecified atom stereocenters. The first kappa shape index (κ1) is 54.2. The molecule has 4 amide bonds. The summed E-state index contributed by atoms with van der Waals surface area (Å²) >= 11 is 3.47. The predicted octanol–water partition coefficient (Wildman–Crippen LogP) is 5.77. The van der Waals surface area contributed by atoms with Crippen molar-refractivity contribution in [1.82, 2.24) is 31.3 Å². The van der Waals surface area contributed by atoms with E-state index in [-0.39, 0.29) is 69.5 Å². The first-order valence-electron chi connectivity index (χ1n) is 22.1. The number of hydroxylamine groups is 1. The fourth-order valence-corrected chi connectivity index (χ4v) is 8.28. The molecule has 0 spiro atoms. The van der Waals surface area contributed by atoms with Gasteiger partial charge in [-0.3, -0.25) is 24.0 Å². The molecule has 1 saturated heterocycles. The molecule has 370 valence electrons. The first-order chi connectivity index (χ1) is 32.5. The van der Waals surface area contributed by atoms with Gasteiger partial charge in [-0.25, -0.2) is 23.6 Å². The number of nitrogens with one attached hydrogen (secondary N) is 5. The van der Waals surface area contributed by atoms with Crippen LogP contribution in [-0.4, -0.2) is 123 Å². The van der Waals surface area contributed by atoms with Gasteiger partial charge in [0.15, 0.2) is 11.6 Å². The smallest absolute Gasteiger partial charge is 0.277 e. The van der Waals surface area contributed by atoms with Crippen molar-refractivity contribution in [2.45, 2.75) is 71.7 Å². The van der Waals surface area contributed by atoms with Gasteiger partial charge in [0.1, 0.15) is 17.9 Å². The lowest BCUT2D eigenvalue weighted by Crippen LogP contribution is -2.57. The molecule has 0 aliphatic carbocycles. The highest BCUT2D eigenvalue weighted by Gasteiger charge is 2.44. The number of aliphatic hydroxyl groups is 1. The number of thiazole rings is 1. The van der Waals surface area contributed by atoms with Gasteiger partial charge in [-0.05, 0) is 89.4 Å². The van der Waals surface area contributed by atoms with Crippen molar-refractivity contribution in [1.29, 1.82) is 0 Å². The van der Waals surface area contributed by atoms with E-state index in [2.05, 4.69) is 31.7 Å². The molecule has 1 fully saturated rings. The summed E-state index contributed by atoms with van der Waals surface area (Å²) < 4.78 is 60.2. The van der Waals surface area contributed by atoms with Crippen molar-refractivity contribution >= 4 is 68.9 Å². The van der Waals surface area contributed by atoms with Gasteiger partial charge < -0.3 is 45.5 Å². The number of likely N-dealkylation sites (tertiary alicyclic amines) is 1. The van der Waals surface area contributed by atoms with Crippen LogP contribution in [0.2, 0.25) is 0 Å². The molecule has 16 nitrogen and oxygen atoms in total. The fraction of sp³-hybridized carbons (Fsp3) is 0.468. The largest absolute Gasteiger partial charge is 0.391 e. The van der Waals surface area contributed by atoms with Gasteiger partial charge in [0, 0.05) is 36.0 Å². The summed E-state index contributed by atoms with van der Waals surface area (Å²) in [6.07, 6.45) is -0.286. The van der Waals surface area contributed by atoms with Crippen molar-refractivity contribution in [2.75, 3.05) is 71.2 Å². The number of amides is 4. The number of halogens is 4. The Hall–Kier alpha value is -4.75. The number of aliphatic hydroxyl groups excluding tert-OH is 1. The van der Waals surface area contributed by atoms with E-state index >= 15 is 0 Å². The second-order valence-corrected chi connectivity index (χ2v) is 19.0. The normalized spacial score (nSPS) is 15.3. The van der Waals surface area contributed by atoms with Gasteiger partial charge >= 0.3 is 0 Å². The van der Waals surface area contributed by atoms with E-state index < -0.39 is 64.5 Å². The number of carbonyl (C=O) groups excluding carboxylic acids is 4. The zero-order chi connectivity index (χ0) is 49.2. The number of anilines is 2. The summed E-state index contributed by atoms with van der Waals surface area (Å²) in [6.45, 7) is 10.5. The minimum absolute atomic E-state index is 0.00152. The highest BCUT2D eigenvalue weighted by atomic mass is 127. The molecule has 1 aliphatic heterocycles. The quantitative estimate of drug-likeness (QED) is 0.0252. The highest BCUT2D eigenvalue weighted by Crippen LogP contribution is 2.30. The Labute approximate surface area is 411 Å². The maximum atomic E-state index is 14.6. The zero-order valence-corrected chi connectivity index (χ0v) is 41.4. The summed E-state index contributed by atoms with van der Waals surface area (Å²) in [7, 11) is 0. The Kier molecular flexibility index (Phi) is 21.4. The lowest BCUT2D eigenvalue weighted by atomic mass is 9.85. The molecular weight excluding hydrogens is 1020 g/mol. The lowest BCUT2D eigenvalue weighted by Gasteiger charge is -2.35. The summed E-state index contributed by atoms with van der Waals surface area (Å²) in [6, 6.07) is 12.0. The number of rotatable bonds is 26. The van der Waals surface area contributed by atoms with Crippen LogP contribution in [0.1, 0.15) is 61.6 Å². The van der Waals surface area contributed by atoms with Crippen molar-refractivity contribution in [3.63, 3.8) is 0 Å². The maximum Gasteiger partial charge on any atom is 0.277 e. The third-order valence-corrected chi connectivity index (χ3v) is 12.3. The number of carbonyl (C=O) groups is 4. The number of β-amino-alcohol motifs (C(OH)–C–C–N with tert-alkyl or cyclic N) is 1. The molecule has 5 rings (SSSR count). The number of hydrogen-bond acceptors (Lipinski definition) is 13. The Morgan fingerprint density at radius 1 is 0.912 bits per heavy atom. The van der Waals surface area contributed by atoms with E-state index in [1.165, 1.54) is 17.0 Å². The highest BCUT2D eigenvalue weighted by molar-refractivity contribution is 14.1. The van der Waals surface area contributed by atoms with Gasteiger partial charge in [0.2, 0.25) is 17.7 Å². The average molecular weight is 1080 g/mol. The third kappa shape index (κ3) is 16.5. The second kappa shape index (κ2) is 26.9. The predicted molar refractivity (Wildman–Crippen MR) is 258 cm³/mol. The Bertz CT molecular complexity index is 2300. The first-order valence-corrected chi connectivity index (χ1v) is 24.1. The van der Waals surface area contributed by atoms with Crippen LogP contribution in [0.4, 0.5) is 24.5 Å². The van der Waals surface area contributed by atoms with Crippen LogP contribution >= 0.6 is 33.9 Å². The Morgan fingerprint density at radius 2 is 1.62 bits per heavy atom. The van der Waals surface area contributed by atoms with Crippen LogP contribution in [0.3, 0.4) is 0 Å². The molecule has 21 heteroatoms. The van der Waals surface area contributed by atoms with E-state index in [9.17, 15) is 37.5 Å². The Balaban J connectivity index is 0.887. The number of nitrogens with zero attached hydrogens (tertiary/aromatic N) is 2. The van der Waals surface area contributed by atoms with Crippen LogP contribution < -0.4 is 26.7 Å². The van der Waals surface area contributed by atoms with Gasteiger partial charge in [-0.2, -0.15) is 0 Å². The van der Waals surface area contributed by atoms with Crippen LogP contribution in [0, 0.1) is 33.4 Å². The number of aromatic nitrogens is 1. The van der Waals surface area contributed by atoms with Crippen molar-refractivity contribution in [3.05, 3.63) is 98.0 Å². The molecule has 3 atom stereocenters. The summed E-state index contributed by atoms with van der Waals surface area (Å²) in [5.41, 5.74) is 5.26. The van der Waals surface area contributed by atoms with E-state index in [1.807, 2.05) is 74.6 Å². The van der Waals surface area contributed by atoms with Gasteiger partial charge in [-0.1, -0.05) is 45.0 Å². The second-order valence-electron chi connectivity index (χ2n) is 16.9. The molecule has 68 heavy (non-hydrogen) atoms. The summed E-state index contributed by atoms with van der Waals surface area (Å²) in [5.74, 6) is -5.30. The molecule has 3 aromatic carbocycles. The minimum atomic E-state index is -1.33. The van der Waals surface area contributed by atoms with Crippen LogP contribution in [-0.2, 0) is 40.0 Å². The van der Waals surface area contributed by atoms with Crippen molar-refractivity contribution in [2.24, 2.45) is 5.41 Å². The van der Waals surface area contributed by atoms with Crippen molar-refractivity contribution < 1.29 is 56.5 Å². The number of hydrogen-bond donors (Lipinski definition) is 6. The lowest BCUT2D eigenvalue weighted by molar-refractivity contribution is -0.144. The van der Waals surface area contributed by atoms with E-state index in [1.54, 1.807) is 22.9 Å². The molecule has 2 heterocycles. The SMILES string of the molecule is Cc1ncsc1-c1ccc(CNC(=O)C2CC(O)CN2C(=O)C(NC(=O)CCOCCOCCOCCNCCCONC(=O)c2ccc(F)c(F)c2Nc2ccc(I)cc2F)C(C)(C)C)cc1. The molecule has 0 radical (unpaired) electrons. The van der Waals surface area contributed by atoms with Crippen LogP contribution in [0.15, 0.2) is 60.1 Å². The fourth-order valence-electron chi connectivity index (χ4n) is 7.02. The third-order valence-electron chi connectivity index (χ3n) is 10.6. The zero-order valence-electron chi connectivity index (χ0n) is 38.4. The average Bonchev–Trinajstić information content (AvgIpc) is 3.92. The molecule has 4 aromatic rings. The molecule has 1 aromatic heterocycles. The maximum absolute atomic E-state index is 14.6.